The third kappa shape index (κ3) is 3.04. The molecule has 0 spiro atoms. The molecule has 1 aromatic carbocycles. The number of nitrogens with zero attached hydrogens (tertiary/aromatic N) is 3. The number of benzene rings is 1. The Hall–Kier alpha value is -2.27. The number of fused-ring (bicyclic) bond motifs is 1. The average molecular weight is 345 g/mol. The minimum Gasteiger partial charge on any atom is -0.493 e. The van der Waals surface area contributed by atoms with Crippen LogP contribution in [-0.4, -0.2) is 19.6 Å². The van der Waals surface area contributed by atoms with Gasteiger partial charge in [0, 0.05) is 17.9 Å². The van der Waals surface area contributed by atoms with Gasteiger partial charge in [-0.2, -0.15) is 4.98 Å². The summed E-state index contributed by atoms with van der Waals surface area (Å²) in [6, 6.07) is 8.28. The molecule has 0 atom stereocenters. The minimum atomic E-state index is 0.0989. The Bertz CT molecular complexity index is 886. The van der Waals surface area contributed by atoms with Crippen LogP contribution in [-0.2, 0) is 0 Å². The number of anilines is 2. The van der Waals surface area contributed by atoms with Crippen molar-refractivity contribution in [3.8, 4) is 5.88 Å². The van der Waals surface area contributed by atoms with Crippen molar-refractivity contribution in [3.63, 3.8) is 0 Å². The topological polar surface area (TPSA) is 63.0 Å². The van der Waals surface area contributed by atoms with E-state index in [-0.39, 0.29) is 17.2 Å². The van der Waals surface area contributed by atoms with E-state index in [0.717, 1.165) is 11.1 Å². The van der Waals surface area contributed by atoms with Crippen molar-refractivity contribution in [1.82, 2.24) is 14.5 Å². The molecule has 0 saturated heterocycles. The Morgan fingerprint density at radius 1 is 1.17 bits per heavy atom. The average Bonchev–Trinajstić information content (AvgIpc) is 2.85. The van der Waals surface area contributed by atoms with Crippen molar-refractivity contribution in [2.45, 2.75) is 39.7 Å². The molecule has 0 saturated carbocycles. The van der Waals surface area contributed by atoms with E-state index in [1.807, 2.05) is 32.2 Å². The number of aromatic hydroxyl groups is 1. The van der Waals surface area contributed by atoms with Crippen LogP contribution in [0.4, 0.5) is 11.5 Å². The van der Waals surface area contributed by atoms with Gasteiger partial charge in [0.05, 0.1) is 5.39 Å². The molecule has 3 aromatic rings. The second-order valence-electron chi connectivity index (χ2n) is 6.46. The molecular formula is C18H21ClN4O. The summed E-state index contributed by atoms with van der Waals surface area (Å²) in [4.78, 5) is 8.47. The molecule has 24 heavy (non-hydrogen) atoms. The molecule has 126 valence electrons. The first-order chi connectivity index (χ1) is 11.4. The van der Waals surface area contributed by atoms with E-state index in [4.69, 9.17) is 11.6 Å². The van der Waals surface area contributed by atoms with Crippen molar-refractivity contribution < 1.29 is 5.11 Å². The molecule has 6 heteroatoms. The van der Waals surface area contributed by atoms with E-state index in [1.54, 1.807) is 4.57 Å². The summed E-state index contributed by atoms with van der Waals surface area (Å²) in [5.41, 5.74) is 2.61. The van der Waals surface area contributed by atoms with Gasteiger partial charge in [-0.25, -0.2) is 4.98 Å². The van der Waals surface area contributed by atoms with Crippen LogP contribution in [0.15, 0.2) is 30.5 Å². The lowest BCUT2D eigenvalue weighted by Gasteiger charge is -2.10. The van der Waals surface area contributed by atoms with Gasteiger partial charge >= 0.3 is 0 Å². The third-order valence-corrected chi connectivity index (χ3v) is 4.18. The lowest BCUT2D eigenvalue weighted by atomic mass is 10.0. The first-order valence-corrected chi connectivity index (χ1v) is 8.38. The van der Waals surface area contributed by atoms with Crippen LogP contribution in [0.3, 0.4) is 0 Å². The Balaban J connectivity index is 2.09. The summed E-state index contributed by atoms with van der Waals surface area (Å²) in [7, 11) is 0. The predicted octanol–water partition coefficient (Wildman–Crippen LogP) is 5.24. The first kappa shape index (κ1) is 16.6. The van der Waals surface area contributed by atoms with Gasteiger partial charge in [0.1, 0.15) is 11.3 Å². The highest BCUT2D eigenvalue weighted by atomic mass is 35.5. The second-order valence-corrected chi connectivity index (χ2v) is 6.80. The van der Waals surface area contributed by atoms with Crippen LogP contribution in [0.2, 0.25) is 5.28 Å². The highest BCUT2D eigenvalue weighted by Crippen LogP contribution is 2.34. The summed E-state index contributed by atoms with van der Waals surface area (Å²) in [5.74, 6) is 1.12. The lowest BCUT2D eigenvalue weighted by Crippen LogP contribution is -1.97. The van der Waals surface area contributed by atoms with Gasteiger partial charge in [-0.05, 0) is 49.1 Å². The molecule has 0 bridgehead atoms. The molecule has 0 radical (unpaired) electrons. The van der Waals surface area contributed by atoms with Crippen molar-refractivity contribution in [1.29, 1.82) is 0 Å². The molecule has 0 amide bonds. The molecule has 0 aliphatic carbocycles. The van der Waals surface area contributed by atoms with Crippen LogP contribution < -0.4 is 5.32 Å². The molecule has 2 heterocycles. The number of halogens is 1. The van der Waals surface area contributed by atoms with E-state index in [2.05, 4.69) is 41.3 Å². The highest BCUT2D eigenvalue weighted by Gasteiger charge is 2.17. The van der Waals surface area contributed by atoms with Crippen LogP contribution in [0.5, 0.6) is 5.88 Å². The smallest absolute Gasteiger partial charge is 0.225 e. The fourth-order valence-corrected chi connectivity index (χ4v) is 2.83. The largest absolute Gasteiger partial charge is 0.493 e. The predicted molar refractivity (Wildman–Crippen MR) is 98.4 cm³/mol. The Labute approximate surface area is 146 Å². The van der Waals surface area contributed by atoms with Gasteiger partial charge in [0.15, 0.2) is 0 Å². The summed E-state index contributed by atoms with van der Waals surface area (Å²) in [6.07, 6.45) is 1.85. The maximum Gasteiger partial charge on any atom is 0.225 e. The zero-order valence-electron chi connectivity index (χ0n) is 14.2. The Morgan fingerprint density at radius 3 is 2.58 bits per heavy atom. The van der Waals surface area contributed by atoms with Gasteiger partial charge in [0.25, 0.3) is 0 Å². The van der Waals surface area contributed by atoms with Crippen molar-refractivity contribution >= 4 is 34.0 Å². The van der Waals surface area contributed by atoms with Crippen LogP contribution in [0.1, 0.15) is 45.2 Å². The molecule has 5 nitrogen and oxygen atoms in total. The van der Waals surface area contributed by atoms with E-state index in [9.17, 15) is 5.11 Å². The number of nitrogens with one attached hydrogen (secondary N) is 1. The summed E-state index contributed by atoms with van der Waals surface area (Å²) >= 11 is 6.05. The fourth-order valence-electron chi connectivity index (χ4n) is 2.66. The molecule has 0 unspecified atom stereocenters. The normalized spacial score (nSPS) is 11.6. The molecule has 0 aliphatic rings. The monoisotopic (exact) mass is 344 g/mol. The molecule has 2 aromatic heterocycles. The number of hydrogen-bond acceptors (Lipinski definition) is 4. The maximum absolute atomic E-state index is 10.4. The van der Waals surface area contributed by atoms with E-state index >= 15 is 0 Å². The standard InChI is InChI=1S/C18H21ClN4O/c1-10(2)12-6-5-7-13(8-12)20-16-14-9-23(11(3)4)17(24)15(14)21-18(19)22-16/h5-11,24H,1-4H3,(H,20,21,22). The van der Waals surface area contributed by atoms with Crippen LogP contribution in [0, 0.1) is 0 Å². The molecule has 3 rings (SSSR count). The molecule has 0 fully saturated rings. The number of hydrogen-bond donors (Lipinski definition) is 2. The van der Waals surface area contributed by atoms with Crippen molar-refractivity contribution in [2.75, 3.05) is 5.32 Å². The molecule has 2 N–H and O–H groups in total. The highest BCUT2D eigenvalue weighted by molar-refractivity contribution is 6.29. The Kier molecular flexibility index (Phi) is 4.37. The van der Waals surface area contributed by atoms with Gasteiger partial charge in [0.2, 0.25) is 11.2 Å². The lowest BCUT2D eigenvalue weighted by molar-refractivity contribution is 0.404. The van der Waals surface area contributed by atoms with Crippen LogP contribution in [0.25, 0.3) is 10.9 Å². The summed E-state index contributed by atoms with van der Waals surface area (Å²) < 4.78 is 1.76. The summed E-state index contributed by atoms with van der Waals surface area (Å²) in [6.45, 7) is 8.29. The zero-order chi connectivity index (χ0) is 17.4. The molecule has 0 aliphatic heterocycles. The van der Waals surface area contributed by atoms with E-state index < -0.39 is 0 Å². The number of rotatable bonds is 4. The first-order valence-electron chi connectivity index (χ1n) is 8.01. The van der Waals surface area contributed by atoms with Gasteiger partial charge < -0.3 is 15.0 Å². The van der Waals surface area contributed by atoms with Crippen molar-refractivity contribution in [3.05, 3.63) is 41.3 Å². The fraction of sp³-hybridized carbons (Fsp3) is 0.333. The quantitative estimate of drug-likeness (QED) is 0.635. The van der Waals surface area contributed by atoms with Gasteiger partial charge in [-0.1, -0.05) is 26.0 Å². The Morgan fingerprint density at radius 2 is 1.92 bits per heavy atom. The van der Waals surface area contributed by atoms with Crippen molar-refractivity contribution in [2.24, 2.45) is 0 Å². The third-order valence-electron chi connectivity index (χ3n) is 4.02. The second kappa shape index (κ2) is 6.32. The maximum atomic E-state index is 10.4. The number of aromatic nitrogens is 3. The van der Waals surface area contributed by atoms with E-state index in [1.165, 1.54) is 5.56 Å². The van der Waals surface area contributed by atoms with Crippen LogP contribution >= 0.6 is 11.6 Å². The van der Waals surface area contributed by atoms with Gasteiger partial charge in [-0.3, -0.25) is 0 Å². The van der Waals surface area contributed by atoms with Gasteiger partial charge in [-0.15, -0.1) is 0 Å². The zero-order valence-corrected chi connectivity index (χ0v) is 15.0. The SMILES string of the molecule is CC(C)c1cccc(Nc2nc(Cl)nc3c(O)n(C(C)C)cc23)c1. The molecular weight excluding hydrogens is 324 g/mol. The minimum absolute atomic E-state index is 0.0989. The van der Waals surface area contributed by atoms with E-state index in [0.29, 0.717) is 17.3 Å². The summed E-state index contributed by atoms with van der Waals surface area (Å²) in [5, 5.41) is 14.5.